The minimum atomic E-state index is -3.73. The van der Waals surface area contributed by atoms with E-state index in [9.17, 15) is 13.2 Å². The van der Waals surface area contributed by atoms with Crippen LogP contribution < -0.4 is 15.8 Å². The fraction of sp³-hybridized carbons (Fsp3) is 0.533. The first-order valence-corrected chi connectivity index (χ1v) is 8.88. The van der Waals surface area contributed by atoms with E-state index in [4.69, 9.17) is 9.88 Å². The number of ether oxygens (including phenoxy) is 1. The van der Waals surface area contributed by atoms with Crippen LogP contribution in [0.2, 0.25) is 0 Å². The van der Waals surface area contributed by atoms with Gasteiger partial charge < -0.3 is 15.4 Å². The number of nitrogens with one attached hydrogen (secondary N) is 2. The van der Waals surface area contributed by atoms with Gasteiger partial charge in [0.2, 0.25) is 10.0 Å². The molecule has 0 aliphatic rings. The zero-order chi connectivity index (χ0) is 17.7. The summed E-state index contributed by atoms with van der Waals surface area (Å²) in [6.45, 7) is 8.13. The molecule has 1 aromatic carbocycles. The summed E-state index contributed by atoms with van der Waals surface area (Å²) in [7, 11) is -3.73. The molecule has 8 heteroatoms. The molecule has 1 amide bonds. The topological polar surface area (TPSA) is 111 Å². The summed E-state index contributed by atoms with van der Waals surface area (Å²) in [6.07, 6.45) is 0.211. The Balaban J connectivity index is 2.45. The van der Waals surface area contributed by atoms with E-state index in [1.165, 1.54) is 6.07 Å². The maximum atomic E-state index is 11.5. The molecule has 0 saturated heterocycles. The quantitative estimate of drug-likeness (QED) is 0.684. The van der Waals surface area contributed by atoms with E-state index in [0.717, 1.165) is 0 Å². The molecule has 0 unspecified atom stereocenters. The fourth-order valence-electron chi connectivity index (χ4n) is 1.93. The second-order valence-electron chi connectivity index (χ2n) is 6.18. The van der Waals surface area contributed by atoms with E-state index in [-0.39, 0.29) is 4.90 Å². The molecule has 4 N–H and O–H groups in total. The normalized spacial score (nSPS) is 11.9. The van der Waals surface area contributed by atoms with Gasteiger partial charge in [-0.3, -0.25) is 0 Å². The number of nitrogens with two attached hydrogens (primary N) is 1. The molecule has 23 heavy (non-hydrogen) atoms. The Bertz CT molecular complexity index is 651. The zero-order valence-electron chi connectivity index (χ0n) is 14.0. The van der Waals surface area contributed by atoms with Crippen LogP contribution >= 0.6 is 0 Å². The Morgan fingerprint density at radius 2 is 1.91 bits per heavy atom. The summed E-state index contributed by atoms with van der Waals surface area (Å²) >= 11 is 0. The van der Waals surface area contributed by atoms with Gasteiger partial charge in [-0.2, -0.15) is 0 Å². The summed E-state index contributed by atoms with van der Waals surface area (Å²) in [6, 6.07) is 4.89. The van der Waals surface area contributed by atoms with Crippen LogP contribution in [0.4, 0.5) is 10.5 Å². The minimum Gasteiger partial charge on any atom is -0.444 e. The van der Waals surface area contributed by atoms with Gasteiger partial charge in [0, 0.05) is 18.8 Å². The molecular formula is C15H25N3O4S. The monoisotopic (exact) mass is 343 g/mol. The van der Waals surface area contributed by atoms with Crippen molar-refractivity contribution in [2.24, 2.45) is 5.14 Å². The molecule has 0 atom stereocenters. The molecule has 0 fully saturated rings. The molecule has 0 spiro atoms. The largest absolute Gasteiger partial charge is 0.444 e. The molecule has 0 aliphatic heterocycles. The molecule has 0 aliphatic carbocycles. The van der Waals surface area contributed by atoms with E-state index < -0.39 is 21.7 Å². The lowest BCUT2D eigenvalue weighted by atomic mass is 10.2. The minimum absolute atomic E-state index is 0.106. The Kier molecular flexibility index (Phi) is 6.40. The van der Waals surface area contributed by atoms with Crippen molar-refractivity contribution in [3.63, 3.8) is 0 Å². The second-order valence-corrected chi connectivity index (χ2v) is 7.71. The summed E-state index contributed by atoms with van der Waals surface area (Å²) in [5.41, 5.74) is 0.761. The first-order chi connectivity index (χ1) is 10.5. The number of carbonyl (C=O) groups is 1. The predicted molar refractivity (Wildman–Crippen MR) is 89.9 cm³/mol. The number of anilines is 1. The first kappa shape index (κ1) is 19.2. The zero-order valence-corrected chi connectivity index (χ0v) is 14.8. The van der Waals surface area contributed by atoms with E-state index >= 15 is 0 Å². The van der Waals surface area contributed by atoms with Gasteiger partial charge in [0.25, 0.3) is 0 Å². The number of rotatable bonds is 6. The molecule has 0 bridgehead atoms. The van der Waals surface area contributed by atoms with E-state index in [1.54, 1.807) is 39.8 Å². The van der Waals surface area contributed by atoms with Gasteiger partial charge in [-0.15, -0.1) is 0 Å². The average molecular weight is 343 g/mol. The maximum absolute atomic E-state index is 11.5. The van der Waals surface area contributed by atoms with Crippen molar-refractivity contribution < 1.29 is 17.9 Å². The standard InChI is InChI=1S/C15H25N3O4S/c1-11-12(7-5-8-13(11)23(16,20)21)17-9-6-10-18-14(19)22-15(2,3)4/h5,7-8,17H,6,9-10H2,1-4H3,(H,18,19)(H2,16,20,21). The number of alkyl carbamates (subject to hydrolysis) is 1. The lowest BCUT2D eigenvalue weighted by molar-refractivity contribution is 0.0528. The van der Waals surface area contributed by atoms with Gasteiger partial charge in [-0.05, 0) is 51.8 Å². The summed E-state index contributed by atoms with van der Waals surface area (Å²) in [5.74, 6) is 0. The molecule has 0 heterocycles. The van der Waals surface area contributed by atoms with Crippen LogP contribution in [-0.2, 0) is 14.8 Å². The number of hydrogen-bond donors (Lipinski definition) is 3. The SMILES string of the molecule is Cc1c(NCCCNC(=O)OC(C)(C)C)cccc1S(N)(=O)=O. The number of primary sulfonamides is 1. The van der Waals surface area contributed by atoms with Crippen molar-refractivity contribution in [1.29, 1.82) is 0 Å². The van der Waals surface area contributed by atoms with Crippen LogP contribution in [0, 0.1) is 6.92 Å². The third-order valence-electron chi connectivity index (χ3n) is 2.93. The highest BCUT2D eigenvalue weighted by molar-refractivity contribution is 7.89. The van der Waals surface area contributed by atoms with E-state index in [1.807, 2.05) is 0 Å². The van der Waals surface area contributed by atoms with Gasteiger partial charge in [-0.25, -0.2) is 18.4 Å². The molecule has 0 radical (unpaired) electrons. The molecule has 7 nitrogen and oxygen atoms in total. The number of carbonyl (C=O) groups excluding carboxylic acids is 1. The van der Waals surface area contributed by atoms with E-state index in [2.05, 4.69) is 10.6 Å². The Morgan fingerprint density at radius 3 is 2.48 bits per heavy atom. The number of amides is 1. The lowest BCUT2D eigenvalue weighted by Crippen LogP contribution is -2.33. The highest BCUT2D eigenvalue weighted by Gasteiger charge is 2.15. The van der Waals surface area contributed by atoms with Crippen LogP contribution in [0.3, 0.4) is 0 Å². The van der Waals surface area contributed by atoms with Crippen molar-refractivity contribution >= 4 is 21.8 Å². The second kappa shape index (κ2) is 7.65. The van der Waals surface area contributed by atoms with Gasteiger partial charge in [0.05, 0.1) is 4.90 Å². The molecular weight excluding hydrogens is 318 g/mol. The van der Waals surface area contributed by atoms with Crippen molar-refractivity contribution in [3.8, 4) is 0 Å². The van der Waals surface area contributed by atoms with Crippen LogP contribution in [0.15, 0.2) is 23.1 Å². The molecule has 1 rings (SSSR count). The third-order valence-corrected chi connectivity index (χ3v) is 3.98. The van der Waals surface area contributed by atoms with Crippen LogP contribution in [0.1, 0.15) is 32.8 Å². The lowest BCUT2D eigenvalue weighted by Gasteiger charge is -2.19. The number of sulfonamides is 1. The summed E-state index contributed by atoms with van der Waals surface area (Å²) in [4.78, 5) is 11.6. The van der Waals surface area contributed by atoms with Gasteiger partial charge in [0.15, 0.2) is 0 Å². The third kappa shape index (κ3) is 6.87. The van der Waals surface area contributed by atoms with Crippen molar-refractivity contribution in [2.75, 3.05) is 18.4 Å². The van der Waals surface area contributed by atoms with Gasteiger partial charge in [-0.1, -0.05) is 6.07 Å². The summed E-state index contributed by atoms with van der Waals surface area (Å²) in [5, 5.41) is 11.0. The number of hydrogen-bond acceptors (Lipinski definition) is 5. The Hall–Kier alpha value is -1.80. The maximum Gasteiger partial charge on any atom is 0.407 e. The highest BCUT2D eigenvalue weighted by atomic mass is 32.2. The first-order valence-electron chi connectivity index (χ1n) is 7.34. The summed E-state index contributed by atoms with van der Waals surface area (Å²) < 4.78 is 28.0. The average Bonchev–Trinajstić information content (AvgIpc) is 2.36. The van der Waals surface area contributed by atoms with Crippen LogP contribution in [0.25, 0.3) is 0 Å². The molecule has 0 saturated carbocycles. The van der Waals surface area contributed by atoms with Crippen LogP contribution in [-0.4, -0.2) is 33.2 Å². The van der Waals surface area contributed by atoms with E-state index in [0.29, 0.717) is 30.8 Å². The Labute approximate surface area is 137 Å². The smallest absolute Gasteiger partial charge is 0.407 e. The van der Waals surface area contributed by atoms with Gasteiger partial charge in [0.1, 0.15) is 5.60 Å². The van der Waals surface area contributed by atoms with Crippen molar-refractivity contribution in [2.45, 2.75) is 44.6 Å². The van der Waals surface area contributed by atoms with Crippen molar-refractivity contribution in [1.82, 2.24) is 5.32 Å². The van der Waals surface area contributed by atoms with Crippen molar-refractivity contribution in [3.05, 3.63) is 23.8 Å². The fourth-order valence-corrected chi connectivity index (χ4v) is 2.74. The van der Waals surface area contributed by atoms with Gasteiger partial charge >= 0.3 is 6.09 Å². The predicted octanol–water partition coefficient (Wildman–Crippen LogP) is 1.97. The Morgan fingerprint density at radius 1 is 1.26 bits per heavy atom. The van der Waals surface area contributed by atoms with Crippen LogP contribution in [0.5, 0.6) is 0 Å². The molecule has 130 valence electrons. The molecule has 0 aromatic heterocycles. The highest BCUT2D eigenvalue weighted by Crippen LogP contribution is 2.21. The number of benzene rings is 1. The molecule has 1 aromatic rings.